The van der Waals surface area contributed by atoms with Gasteiger partial charge in [0.15, 0.2) is 0 Å². The fourth-order valence-electron chi connectivity index (χ4n) is 1.36. The highest BCUT2D eigenvalue weighted by Crippen LogP contribution is 2.29. The molecule has 0 fully saturated rings. The lowest BCUT2D eigenvalue weighted by molar-refractivity contribution is 0.340. The number of nitrogens with two attached hydrogens (primary N) is 1. The Morgan fingerprint density at radius 2 is 2.24 bits per heavy atom. The van der Waals surface area contributed by atoms with Crippen LogP contribution in [0.2, 0.25) is 5.02 Å². The summed E-state index contributed by atoms with van der Waals surface area (Å²) in [6.07, 6.45) is 0. The van der Waals surface area contributed by atoms with Gasteiger partial charge in [0.2, 0.25) is 11.8 Å². The van der Waals surface area contributed by atoms with Gasteiger partial charge in [-0.05, 0) is 25.1 Å². The summed E-state index contributed by atoms with van der Waals surface area (Å²) in [5, 5.41) is 8.17. The van der Waals surface area contributed by atoms with Crippen LogP contribution >= 0.6 is 11.6 Å². The van der Waals surface area contributed by atoms with Gasteiger partial charge >= 0.3 is 0 Å². The number of hydrogen-bond acceptors (Lipinski definition) is 5. The second-order valence-corrected chi connectivity index (χ2v) is 3.69. The number of ether oxygens (including phenoxy) is 1. The van der Waals surface area contributed by atoms with Gasteiger partial charge in [0.1, 0.15) is 5.75 Å². The molecule has 0 bridgehead atoms. The molecule has 0 saturated carbocycles. The molecule has 0 aliphatic carbocycles. The van der Waals surface area contributed by atoms with E-state index in [1.54, 1.807) is 12.1 Å². The van der Waals surface area contributed by atoms with Gasteiger partial charge in [0.25, 0.3) is 0 Å². The van der Waals surface area contributed by atoms with Gasteiger partial charge in [0.05, 0.1) is 18.2 Å². The summed E-state index contributed by atoms with van der Waals surface area (Å²) in [6, 6.07) is 5.30. The molecule has 0 unspecified atom stereocenters. The van der Waals surface area contributed by atoms with E-state index in [-0.39, 0.29) is 6.54 Å². The number of nitrogens with zero attached hydrogens (tertiary/aromatic N) is 2. The Labute approximate surface area is 104 Å². The predicted molar refractivity (Wildman–Crippen MR) is 63.8 cm³/mol. The van der Waals surface area contributed by atoms with Crippen molar-refractivity contribution in [2.45, 2.75) is 13.5 Å². The molecule has 0 aliphatic rings. The lowest BCUT2D eigenvalue weighted by Gasteiger charge is -2.05. The normalized spacial score (nSPS) is 10.5. The van der Waals surface area contributed by atoms with Crippen molar-refractivity contribution in [2.24, 2.45) is 5.73 Å². The van der Waals surface area contributed by atoms with E-state index >= 15 is 0 Å². The van der Waals surface area contributed by atoms with Crippen LogP contribution in [-0.4, -0.2) is 16.8 Å². The lowest BCUT2D eigenvalue weighted by Crippen LogP contribution is -1.95. The van der Waals surface area contributed by atoms with Crippen molar-refractivity contribution in [1.82, 2.24) is 10.2 Å². The van der Waals surface area contributed by atoms with Crippen molar-refractivity contribution < 1.29 is 9.15 Å². The van der Waals surface area contributed by atoms with Crippen LogP contribution in [0.1, 0.15) is 12.8 Å². The van der Waals surface area contributed by atoms with Crippen molar-refractivity contribution in [3.63, 3.8) is 0 Å². The largest absolute Gasteiger partial charge is 0.492 e. The smallest absolute Gasteiger partial charge is 0.247 e. The Morgan fingerprint density at radius 1 is 1.41 bits per heavy atom. The minimum Gasteiger partial charge on any atom is -0.492 e. The van der Waals surface area contributed by atoms with E-state index < -0.39 is 0 Å². The van der Waals surface area contributed by atoms with Crippen LogP contribution in [0.4, 0.5) is 0 Å². The molecule has 1 heterocycles. The average molecular weight is 254 g/mol. The van der Waals surface area contributed by atoms with Crippen molar-refractivity contribution in [2.75, 3.05) is 6.61 Å². The Hall–Kier alpha value is -1.59. The highest BCUT2D eigenvalue weighted by molar-refractivity contribution is 6.32. The number of aromatic nitrogens is 2. The number of halogens is 1. The number of benzene rings is 1. The number of rotatable bonds is 4. The molecule has 0 aliphatic heterocycles. The Balaban J connectivity index is 2.30. The summed E-state index contributed by atoms with van der Waals surface area (Å²) >= 11 is 6.06. The first-order valence-electron chi connectivity index (χ1n) is 5.19. The van der Waals surface area contributed by atoms with Gasteiger partial charge < -0.3 is 14.9 Å². The summed E-state index contributed by atoms with van der Waals surface area (Å²) < 4.78 is 10.7. The molecule has 0 amide bonds. The Kier molecular flexibility index (Phi) is 3.61. The van der Waals surface area contributed by atoms with Crippen molar-refractivity contribution in [3.8, 4) is 17.2 Å². The first-order chi connectivity index (χ1) is 8.24. The van der Waals surface area contributed by atoms with E-state index in [9.17, 15) is 0 Å². The van der Waals surface area contributed by atoms with Gasteiger partial charge in [-0.1, -0.05) is 11.6 Å². The maximum Gasteiger partial charge on any atom is 0.247 e. The molecule has 5 nitrogen and oxygen atoms in total. The van der Waals surface area contributed by atoms with Crippen LogP contribution in [0.15, 0.2) is 22.6 Å². The van der Waals surface area contributed by atoms with E-state index in [0.29, 0.717) is 29.2 Å². The maximum absolute atomic E-state index is 6.06. The molecular weight excluding hydrogens is 242 g/mol. The highest BCUT2D eigenvalue weighted by atomic mass is 35.5. The van der Waals surface area contributed by atoms with E-state index in [0.717, 1.165) is 5.56 Å². The monoisotopic (exact) mass is 253 g/mol. The van der Waals surface area contributed by atoms with Crippen LogP contribution in [0.5, 0.6) is 5.75 Å². The predicted octanol–water partition coefficient (Wildman–Crippen LogP) is 2.25. The van der Waals surface area contributed by atoms with E-state index in [1.807, 2.05) is 13.0 Å². The second-order valence-electron chi connectivity index (χ2n) is 3.28. The zero-order chi connectivity index (χ0) is 12.3. The zero-order valence-corrected chi connectivity index (χ0v) is 10.1. The molecule has 17 heavy (non-hydrogen) atoms. The first kappa shape index (κ1) is 11.9. The first-order valence-corrected chi connectivity index (χ1v) is 5.57. The summed E-state index contributed by atoms with van der Waals surface area (Å²) in [5.41, 5.74) is 6.13. The molecule has 0 atom stereocenters. The average Bonchev–Trinajstić information content (AvgIpc) is 2.80. The topological polar surface area (TPSA) is 74.2 Å². The van der Waals surface area contributed by atoms with Crippen LogP contribution < -0.4 is 10.5 Å². The minimum absolute atomic E-state index is 0.220. The van der Waals surface area contributed by atoms with Gasteiger partial charge in [-0.2, -0.15) is 0 Å². The van der Waals surface area contributed by atoms with Crippen LogP contribution in [0.3, 0.4) is 0 Å². The van der Waals surface area contributed by atoms with Crippen LogP contribution in [-0.2, 0) is 6.54 Å². The molecule has 1 aromatic carbocycles. The fraction of sp³-hybridized carbons (Fsp3) is 0.273. The molecule has 6 heteroatoms. The van der Waals surface area contributed by atoms with E-state index in [2.05, 4.69) is 10.2 Å². The molecule has 0 saturated heterocycles. The fourth-order valence-corrected chi connectivity index (χ4v) is 1.59. The van der Waals surface area contributed by atoms with Crippen LogP contribution in [0, 0.1) is 0 Å². The van der Waals surface area contributed by atoms with Gasteiger partial charge in [-0.15, -0.1) is 10.2 Å². The molecule has 2 rings (SSSR count). The third-order valence-electron chi connectivity index (χ3n) is 2.12. The SMILES string of the molecule is CCOc1ccc(-c2nnc(CN)o2)cc1Cl. The molecule has 2 aromatic rings. The summed E-state index contributed by atoms with van der Waals surface area (Å²) in [5.74, 6) is 1.43. The van der Waals surface area contributed by atoms with E-state index in [1.165, 1.54) is 0 Å². The zero-order valence-electron chi connectivity index (χ0n) is 9.31. The molecule has 1 aromatic heterocycles. The van der Waals surface area contributed by atoms with Crippen molar-refractivity contribution >= 4 is 11.6 Å². The third kappa shape index (κ3) is 2.57. The third-order valence-corrected chi connectivity index (χ3v) is 2.42. The summed E-state index contributed by atoms with van der Waals surface area (Å²) in [6.45, 7) is 2.68. The van der Waals surface area contributed by atoms with Gasteiger partial charge in [-0.3, -0.25) is 0 Å². The van der Waals surface area contributed by atoms with Crippen molar-refractivity contribution in [1.29, 1.82) is 0 Å². The molecular formula is C11H12ClN3O2. The van der Waals surface area contributed by atoms with E-state index in [4.69, 9.17) is 26.5 Å². The maximum atomic E-state index is 6.06. The minimum atomic E-state index is 0.220. The molecule has 0 spiro atoms. The van der Waals surface area contributed by atoms with Gasteiger partial charge in [-0.25, -0.2) is 0 Å². The Morgan fingerprint density at radius 3 is 2.82 bits per heavy atom. The summed E-state index contributed by atoms with van der Waals surface area (Å²) in [4.78, 5) is 0. The lowest BCUT2D eigenvalue weighted by atomic mass is 10.2. The van der Waals surface area contributed by atoms with Gasteiger partial charge in [0, 0.05) is 5.56 Å². The highest BCUT2D eigenvalue weighted by Gasteiger charge is 2.10. The Bertz CT molecular complexity index is 513. The standard InChI is InChI=1S/C11H12ClN3O2/c1-2-16-9-4-3-7(5-8(9)12)11-15-14-10(6-13)17-11/h3-5H,2,6,13H2,1H3. The number of hydrogen-bond donors (Lipinski definition) is 1. The second kappa shape index (κ2) is 5.16. The van der Waals surface area contributed by atoms with Crippen LogP contribution in [0.25, 0.3) is 11.5 Å². The molecule has 90 valence electrons. The quantitative estimate of drug-likeness (QED) is 0.905. The van der Waals surface area contributed by atoms with Crippen molar-refractivity contribution in [3.05, 3.63) is 29.1 Å². The molecule has 2 N–H and O–H groups in total. The molecule has 0 radical (unpaired) electrons. The summed E-state index contributed by atoms with van der Waals surface area (Å²) in [7, 11) is 0.